The Hall–Kier alpha value is -0.280. The number of nitrogens with two attached hydrogens (primary N) is 2. The van der Waals surface area contributed by atoms with E-state index >= 15 is 0 Å². The van der Waals surface area contributed by atoms with Crippen LogP contribution >= 0.6 is 12.4 Å². The molecular weight excluding hydrogens is 272 g/mol. The van der Waals surface area contributed by atoms with Crippen LogP contribution < -0.4 is 11.5 Å². The molecule has 0 heterocycles. The van der Waals surface area contributed by atoms with E-state index in [2.05, 4.69) is 6.92 Å². The molecule has 0 spiro atoms. The Labute approximate surface area is 131 Å². The molecule has 0 saturated heterocycles. The molecule has 0 aromatic heterocycles. The highest BCUT2D eigenvalue weighted by Gasteiger charge is 2.05. The zero-order chi connectivity index (χ0) is 14.3. The maximum absolute atomic E-state index is 10.7. The monoisotopic (exact) mass is 306 g/mol. The third-order valence-corrected chi connectivity index (χ3v) is 3.64. The average Bonchev–Trinajstić information content (AvgIpc) is 2.35. The summed E-state index contributed by atoms with van der Waals surface area (Å²) in [7, 11) is 0. The number of carbonyl (C=O) groups excluding carboxylic acids is 1. The van der Waals surface area contributed by atoms with E-state index < -0.39 is 0 Å². The summed E-state index contributed by atoms with van der Waals surface area (Å²) in [5, 5.41) is 0. The van der Waals surface area contributed by atoms with Crippen molar-refractivity contribution >= 4 is 18.3 Å². The van der Waals surface area contributed by atoms with Crippen LogP contribution in [0.5, 0.6) is 0 Å². The Morgan fingerprint density at radius 2 is 1.25 bits per heavy atom. The third kappa shape index (κ3) is 17.7. The van der Waals surface area contributed by atoms with Crippen molar-refractivity contribution in [3.05, 3.63) is 0 Å². The van der Waals surface area contributed by atoms with Gasteiger partial charge in [-0.15, -0.1) is 12.4 Å². The molecule has 0 aliphatic carbocycles. The first-order valence-corrected chi connectivity index (χ1v) is 8.20. The zero-order valence-electron chi connectivity index (χ0n) is 13.2. The number of hydrogen-bond acceptors (Lipinski definition) is 2. The highest BCUT2D eigenvalue weighted by Crippen LogP contribution is 2.12. The highest BCUT2D eigenvalue weighted by atomic mass is 35.5. The summed E-state index contributed by atoms with van der Waals surface area (Å²) in [6, 6.07) is -0.0314. The Morgan fingerprint density at radius 3 is 1.65 bits per heavy atom. The van der Waals surface area contributed by atoms with Gasteiger partial charge < -0.3 is 11.5 Å². The fraction of sp³-hybridized carbons (Fsp3) is 0.938. The lowest BCUT2D eigenvalue weighted by atomic mass is 10.0. The fourth-order valence-electron chi connectivity index (χ4n) is 2.43. The smallest absolute Gasteiger partial charge is 0.218 e. The van der Waals surface area contributed by atoms with E-state index in [0.717, 1.165) is 12.8 Å². The molecule has 0 fully saturated rings. The van der Waals surface area contributed by atoms with E-state index in [0.29, 0.717) is 6.42 Å². The lowest BCUT2D eigenvalue weighted by Gasteiger charge is -2.08. The van der Waals surface area contributed by atoms with Crippen molar-refractivity contribution in [2.75, 3.05) is 0 Å². The molecule has 0 bridgehead atoms. The van der Waals surface area contributed by atoms with Gasteiger partial charge in [0.05, 0.1) is 0 Å². The van der Waals surface area contributed by atoms with E-state index in [9.17, 15) is 4.79 Å². The van der Waals surface area contributed by atoms with Crippen LogP contribution in [-0.4, -0.2) is 11.9 Å². The number of hydrogen-bond donors (Lipinski definition) is 2. The number of rotatable bonds is 14. The third-order valence-electron chi connectivity index (χ3n) is 3.64. The van der Waals surface area contributed by atoms with Crippen LogP contribution in [-0.2, 0) is 4.79 Å². The number of carbonyl (C=O) groups is 1. The molecule has 1 atom stereocenters. The zero-order valence-corrected chi connectivity index (χ0v) is 14.1. The van der Waals surface area contributed by atoms with Crippen LogP contribution in [0, 0.1) is 0 Å². The molecule has 4 heteroatoms. The largest absolute Gasteiger partial charge is 0.370 e. The van der Waals surface area contributed by atoms with Crippen LogP contribution in [0.4, 0.5) is 0 Å². The van der Waals surface area contributed by atoms with Gasteiger partial charge in [0, 0.05) is 12.5 Å². The van der Waals surface area contributed by atoms with Gasteiger partial charge in [-0.25, -0.2) is 0 Å². The highest BCUT2D eigenvalue weighted by molar-refractivity contribution is 5.85. The van der Waals surface area contributed by atoms with Crippen LogP contribution in [0.3, 0.4) is 0 Å². The molecule has 0 radical (unpaired) electrons. The lowest BCUT2D eigenvalue weighted by Crippen LogP contribution is -2.27. The van der Waals surface area contributed by atoms with Gasteiger partial charge in [0.25, 0.3) is 0 Å². The summed E-state index contributed by atoms with van der Waals surface area (Å²) in [6.45, 7) is 2.26. The Kier molecular flexibility index (Phi) is 18.5. The minimum Gasteiger partial charge on any atom is -0.370 e. The Balaban J connectivity index is 0. The SMILES string of the molecule is CCCCCCCCCCCCC[C@H](N)CC(N)=O.Cl. The van der Waals surface area contributed by atoms with Gasteiger partial charge in [-0.3, -0.25) is 4.79 Å². The maximum Gasteiger partial charge on any atom is 0.218 e. The number of halogens is 1. The van der Waals surface area contributed by atoms with Gasteiger partial charge in [0.1, 0.15) is 0 Å². The minimum absolute atomic E-state index is 0. The van der Waals surface area contributed by atoms with E-state index in [-0.39, 0.29) is 24.4 Å². The molecule has 3 nitrogen and oxygen atoms in total. The van der Waals surface area contributed by atoms with Crippen LogP contribution in [0.25, 0.3) is 0 Å². The summed E-state index contributed by atoms with van der Waals surface area (Å²) in [5.74, 6) is -0.282. The molecule has 20 heavy (non-hydrogen) atoms. The molecule has 0 aromatic carbocycles. The Morgan fingerprint density at radius 1 is 0.850 bits per heavy atom. The number of unbranched alkanes of at least 4 members (excludes halogenated alkanes) is 10. The second-order valence-corrected chi connectivity index (χ2v) is 5.75. The molecule has 122 valence electrons. The van der Waals surface area contributed by atoms with Crippen molar-refractivity contribution in [2.24, 2.45) is 11.5 Å². The van der Waals surface area contributed by atoms with Gasteiger partial charge in [-0.05, 0) is 6.42 Å². The first kappa shape index (κ1) is 22.0. The van der Waals surface area contributed by atoms with Gasteiger partial charge in [-0.2, -0.15) is 0 Å². The molecule has 0 saturated carbocycles. The number of primary amides is 1. The molecule has 4 N–H and O–H groups in total. The van der Waals surface area contributed by atoms with Crippen LogP contribution in [0.2, 0.25) is 0 Å². The fourth-order valence-corrected chi connectivity index (χ4v) is 2.43. The van der Waals surface area contributed by atoms with Crippen molar-refractivity contribution in [3.8, 4) is 0 Å². The van der Waals surface area contributed by atoms with E-state index in [1.807, 2.05) is 0 Å². The summed E-state index contributed by atoms with van der Waals surface area (Å²) in [6.07, 6.45) is 16.0. The predicted octanol–water partition coefficient (Wildman–Crippen LogP) is 4.31. The first-order chi connectivity index (χ1) is 9.16. The van der Waals surface area contributed by atoms with Crippen molar-refractivity contribution in [1.82, 2.24) is 0 Å². The summed E-state index contributed by atoms with van der Waals surface area (Å²) < 4.78 is 0. The standard InChI is InChI=1S/C16H34N2O.ClH/c1-2-3-4-5-6-7-8-9-10-11-12-13-15(17)14-16(18)19;/h15H,2-14,17H2,1H3,(H2,18,19);1H/t15-;/m0./s1. The normalized spacial score (nSPS) is 11.9. The van der Waals surface area contributed by atoms with Crippen LogP contribution in [0.15, 0.2) is 0 Å². The molecular formula is C16H35ClN2O. The molecule has 1 amide bonds. The van der Waals surface area contributed by atoms with Gasteiger partial charge >= 0.3 is 0 Å². The predicted molar refractivity (Wildman–Crippen MR) is 90.1 cm³/mol. The average molecular weight is 307 g/mol. The maximum atomic E-state index is 10.7. The van der Waals surface area contributed by atoms with Gasteiger partial charge in [0.2, 0.25) is 5.91 Å². The number of amides is 1. The quantitative estimate of drug-likeness (QED) is 0.469. The van der Waals surface area contributed by atoms with Gasteiger partial charge in [-0.1, -0.05) is 77.6 Å². The van der Waals surface area contributed by atoms with Crippen molar-refractivity contribution in [2.45, 2.75) is 96.4 Å². The second kappa shape index (κ2) is 16.8. The molecule has 0 unspecified atom stereocenters. The summed E-state index contributed by atoms with van der Waals surface area (Å²) in [4.78, 5) is 10.7. The second-order valence-electron chi connectivity index (χ2n) is 5.75. The van der Waals surface area contributed by atoms with E-state index in [1.165, 1.54) is 64.2 Å². The molecule has 0 aliphatic rings. The van der Waals surface area contributed by atoms with Crippen LogP contribution in [0.1, 0.15) is 90.4 Å². The van der Waals surface area contributed by atoms with Crippen molar-refractivity contribution < 1.29 is 4.79 Å². The molecule has 0 aromatic rings. The Bertz CT molecular complexity index is 213. The van der Waals surface area contributed by atoms with Gasteiger partial charge in [0.15, 0.2) is 0 Å². The van der Waals surface area contributed by atoms with Crippen molar-refractivity contribution in [1.29, 1.82) is 0 Å². The molecule has 0 rings (SSSR count). The first-order valence-electron chi connectivity index (χ1n) is 8.20. The lowest BCUT2D eigenvalue weighted by molar-refractivity contribution is -0.118. The summed E-state index contributed by atoms with van der Waals surface area (Å²) in [5.41, 5.74) is 10.9. The van der Waals surface area contributed by atoms with E-state index in [4.69, 9.17) is 11.5 Å². The summed E-state index contributed by atoms with van der Waals surface area (Å²) >= 11 is 0. The molecule has 0 aliphatic heterocycles. The topological polar surface area (TPSA) is 69.1 Å². The minimum atomic E-state index is -0.282. The van der Waals surface area contributed by atoms with Crippen molar-refractivity contribution in [3.63, 3.8) is 0 Å². The van der Waals surface area contributed by atoms with E-state index in [1.54, 1.807) is 0 Å².